The highest BCUT2D eigenvalue weighted by Gasteiger charge is 2.34. The van der Waals surface area contributed by atoms with Crippen molar-refractivity contribution in [2.75, 3.05) is 45.8 Å². The van der Waals surface area contributed by atoms with Gasteiger partial charge in [0.25, 0.3) is 0 Å². The third kappa shape index (κ3) is 3.39. The van der Waals surface area contributed by atoms with Gasteiger partial charge in [0, 0.05) is 39.3 Å². The monoisotopic (exact) mass is 371 g/mol. The van der Waals surface area contributed by atoms with Gasteiger partial charge in [-0.25, -0.2) is 13.2 Å². The normalized spacial score (nSPS) is 20.1. The van der Waals surface area contributed by atoms with Gasteiger partial charge in [-0.3, -0.25) is 14.6 Å². The zero-order chi connectivity index (χ0) is 18.2. The SMILES string of the molecule is Cc1noc(C)c1S(=O)(=O)N1CCN(CC(=O)N2CCNC2=O)CC1. The molecule has 2 saturated heterocycles. The number of urea groups is 1. The van der Waals surface area contributed by atoms with E-state index in [1.165, 1.54) is 9.21 Å². The predicted molar refractivity (Wildman–Crippen MR) is 86.3 cm³/mol. The Morgan fingerprint density at radius 1 is 1.20 bits per heavy atom. The second-order valence-corrected chi connectivity index (χ2v) is 7.99. The van der Waals surface area contributed by atoms with Gasteiger partial charge in [-0.15, -0.1) is 0 Å². The van der Waals surface area contributed by atoms with E-state index in [9.17, 15) is 18.0 Å². The van der Waals surface area contributed by atoms with Crippen LogP contribution in [0.5, 0.6) is 0 Å². The highest BCUT2D eigenvalue weighted by molar-refractivity contribution is 7.89. The van der Waals surface area contributed by atoms with Crippen molar-refractivity contribution in [3.8, 4) is 0 Å². The summed E-state index contributed by atoms with van der Waals surface area (Å²) in [7, 11) is -3.67. The van der Waals surface area contributed by atoms with Gasteiger partial charge in [0.1, 0.15) is 10.6 Å². The van der Waals surface area contributed by atoms with Gasteiger partial charge in [-0.05, 0) is 13.8 Å². The molecule has 0 spiro atoms. The maximum absolute atomic E-state index is 12.8. The lowest BCUT2D eigenvalue weighted by Gasteiger charge is -2.33. The second kappa shape index (κ2) is 6.73. The minimum atomic E-state index is -3.67. The Morgan fingerprint density at radius 2 is 1.88 bits per heavy atom. The van der Waals surface area contributed by atoms with Gasteiger partial charge >= 0.3 is 6.03 Å². The second-order valence-electron chi connectivity index (χ2n) is 6.11. The summed E-state index contributed by atoms with van der Waals surface area (Å²) in [6.45, 7) is 5.49. The van der Waals surface area contributed by atoms with Crippen LogP contribution in [-0.4, -0.2) is 85.4 Å². The Hall–Kier alpha value is -1.98. The maximum atomic E-state index is 12.8. The van der Waals surface area contributed by atoms with E-state index in [1.54, 1.807) is 13.8 Å². The quantitative estimate of drug-likeness (QED) is 0.733. The number of carbonyl (C=O) groups is 2. The average Bonchev–Trinajstić information content (AvgIpc) is 3.13. The highest BCUT2D eigenvalue weighted by Crippen LogP contribution is 2.24. The molecule has 10 nitrogen and oxygen atoms in total. The first-order chi connectivity index (χ1) is 11.8. The number of hydrogen-bond acceptors (Lipinski definition) is 7. The van der Waals surface area contributed by atoms with Crippen molar-refractivity contribution in [1.29, 1.82) is 0 Å². The Bertz CT molecular complexity index is 762. The lowest BCUT2D eigenvalue weighted by molar-refractivity contribution is -0.129. The van der Waals surface area contributed by atoms with Crippen LogP contribution in [0.15, 0.2) is 9.42 Å². The van der Waals surface area contributed by atoms with Crippen LogP contribution in [0.3, 0.4) is 0 Å². The number of imide groups is 1. The molecule has 138 valence electrons. The molecule has 2 aliphatic heterocycles. The summed E-state index contributed by atoms with van der Waals surface area (Å²) in [5.41, 5.74) is 0.343. The summed E-state index contributed by atoms with van der Waals surface area (Å²) in [5.74, 6) is 0.00665. The van der Waals surface area contributed by atoms with Crippen molar-refractivity contribution < 1.29 is 22.5 Å². The molecule has 0 radical (unpaired) electrons. The first-order valence-corrected chi connectivity index (χ1v) is 9.48. The minimum absolute atomic E-state index is 0.104. The van der Waals surface area contributed by atoms with E-state index in [0.29, 0.717) is 31.9 Å². The smallest absolute Gasteiger partial charge is 0.324 e. The van der Waals surface area contributed by atoms with Crippen molar-refractivity contribution >= 4 is 22.0 Å². The number of sulfonamides is 1. The molecule has 1 N–H and O–H groups in total. The highest BCUT2D eigenvalue weighted by atomic mass is 32.2. The van der Waals surface area contributed by atoms with Crippen LogP contribution in [0, 0.1) is 13.8 Å². The predicted octanol–water partition coefficient (Wildman–Crippen LogP) is -0.850. The molecule has 0 saturated carbocycles. The van der Waals surface area contributed by atoms with E-state index in [4.69, 9.17) is 4.52 Å². The van der Waals surface area contributed by atoms with Gasteiger partial charge in [0.05, 0.1) is 6.54 Å². The van der Waals surface area contributed by atoms with Gasteiger partial charge < -0.3 is 9.84 Å². The average molecular weight is 371 g/mol. The third-order valence-electron chi connectivity index (χ3n) is 4.41. The van der Waals surface area contributed by atoms with Crippen molar-refractivity contribution in [3.05, 3.63) is 11.5 Å². The van der Waals surface area contributed by atoms with Crippen LogP contribution >= 0.6 is 0 Å². The molecular weight excluding hydrogens is 350 g/mol. The fourth-order valence-electron chi connectivity index (χ4n) is 3.09. The molecule has 3 heterocycles. The zero-order valence-corrected chi connectivity index (χ0v) is 15.0. The summed E-state index contributed by atoms with van der Waals surface area (Å²) in [5, 5.41) is 6.29. The largest absolute Gasteiger partial charge is 0.360 e. The maximum Gasteiger partial charge on any atom is 0.324 e. The van der Waals surface area contributed by atoms with Crippen LogP contribution in [0.4, 0.5) is 4.79 Å². The fourth-order valence-corrected chi connectivity index (χ4v) is 4.80. The topological polar surface area (TPSA) is 116 Å². The molecule has 1 aromatic heterocycles. The Kier molecular flexibility index (Phi) is 4.80. The first-order valence-electron chi connectivity index (χ1n) is 8.04. The summed E-state index contributed by atoms with van der Waals surface area (Å²) >= 11 is 0. The summed E-state index contributed by atoms with van der Waals surface area (Å²) < 4.78 is 31.8. The Balaban J connectivity index is 1.60. The van der Waals surface area contributed by atoms with E-state index in [-0.39, 0.29) is 42.2 Å². The van der Waals surface area contributed by atoms with Crippen molar-refractivity contribution in [2.24, 2.45) is 0 Å². The van der Waals surface area contributed by atoms with Crippen molar-refractivity contribution in [2.45, 2.75) is 18.7 Å². The molecule has 0 aromatic carbocycles. The fraction of sp³-hybridized carbons (Fsp3) is 0.643. The number of amides is 3. The molecule has 0 aliphatic carbocycles. The number of aryl methyl sites for hydroxylation is 2. The van der Waals surface area contributed by atoms with Crippen molar-refractivity contribution in [3.63, 3.8) is 0 Å². The summed E-state index contributed by atoms with van der Waals surface area (Å²) in [4.78, 5) is 26.8. The molecule has 1 aromatic rings. The number of rotatable bonds is 4. The van der Waals surface area contributed by atoms with E-state index >= 15 is 0 Å². The number of nitrogens with one attached hydrogen (secondary N) is 1. The standard InChI is InChI=1S/C14H21N5O5S/c1-10-13(11(2)24-16-10)25(22,23)18-7-5-17(6-8-18)9-12(20)19-4-3-15-14(19)21/h3-9H2,1-2H3,(H,15,21). The Morgan fingerprint density at radius 3 is 2.40 bits per heavy atom. The number of carbonyl (C=O) groups excluding carboxylic acids is 2. The molecule has 2 fully saturated rings. The molecule has 2 aliphatic rings. The van der Waals surface area contributed by atoms with Crippen molar-refractivity contribution in [1.82, 2.24) is 24.6 Å². The Labute approximate surface area is 145 Å². The van der Waals surface area contributed by atoms with Crippen LogP contribution in [-0.2, 0) is 14.8 Å². The van der Waals surface area contributed by atoms with Gasteiger partial charge in [0.15, 0.2) is 5.76 Å². The molecule has 25 heavy (non-hydrogen) atoms. The van der Waals surface area contributed by atoms with E-state index in [2.05, 4.69) is 10.5 Å². The first kappa shape index (κ1) is 17.8. The summed E-state index contributed by atoms with van der Waals surface area (Å²) in [6, 6.07) is -0.371. The van der Waals surface area contributed by atoms with Crippen LogP contribution in [0.2, 0.25) is 0 Å². The molecule has 0 bridgehead atoms. The molecule has 0 atom stereocenters. The van der Waals surface area contributed by atoms with Crippen LogP contribution < -0.4 is 5.32 Å². The number of aromatic nitrogens is 1. The molecule has 11 heteroatoms. The van der Waals surface area contributed by atoms with E-state index in [1.807, 2.05) is 4.90 Å². The number of nitrogens with zero attached hydrogens (tertiary/aromatic N) is 4. The van der Waals surface area contributed by atoms with Gasteiger partial charge in [0.2, 0.25) is 15.9 Å². The lowest BCUT2D eigenvalue weighted by Crippen LogP contribution is -2.51. The summed E-state index contributed by atoms with van der Waals surface area (Å²) in [6.07, 6.45) is 0. The number of piperazine rings is 1. The van der Waals surface area contributed by atoms with Gasteiger partial charge in [-0.1, -0.05) is 5.16 Å². The molecular formula is C14H21N5O5S. The van der Waals surface area contributed by atoms with E-state index < -0.39 is 10.0 Å². The third-order valence-corrected chi connectivity index (χ3v) is 6.56. The minimum Gasteiger partial charge on any atom is -0.360 e. The van der Waals surface area contributed by atoms with Crippen LogP contribution in [0.1, 0.15) is 11.5 Å². The zero-order valence-electron chi connectivity index (χ0n) is 14.2. The molecule has 3 amide bonds. The number of hydrogen-bond donors (Lipinski definition) is 1. The molecule has 0 unspecified atom stereocenters. The molecule has 3 rings (SSSR count). The van der Waals surface area contributed by atoms with Gasteiger partial charge in [-0.2, -0.15) is 4.31 Å². The lowest BCUT2D eigenvalue weighted by atomic mass is 10.3. The van der Waals surface area contributed by atoms with E-state index in [0.717, 1.165) is 0 Å². The van der Waals surface area contributed by atoms with Crippen LogP contribution in [0.25, 0.3) is 0 Å².